The Balaban J connectivity index is 2.25. The van der Waals surface area contributed by atoms with E-state index >= 15 is 0 Å². The Morgan fingerprint density at radius 3 is 2.80 bits per heavy atom. The van der Waals surface area contributed by atoms with Crippen LogP contribution in [0.3, 0.4) is 0 Å². The third kappa shape index (κ3) is 3.13. The first-order chi connectivity index (χ1) is 9.40. The van der Waals surface area contributed by atoms with Crippen molar-refractivity contribution in [3.05, 3.63) is 40.9 Å². The van der Waals surface area contributed by atoms with Gasteiger partial charge in [0.1, 0.15) is 12.2 Å². The van der Waals surface area contributed by atoms with E-state index in [1.54, 1.807) is 0 Å². The van der Waals surface area contributed by atoms with Crippen LogP contribution in [0.15, 0.2) is 29.4 Å². The summed E-state index contributed by atoms with van der Waals surface area (Å²) in [6.07, 6.45) is 1.24. The van der Waals surface area contributed by atoms with Crippen molar-refractivity contribution < 1.29 is 18.3 Å². The van der Waals surface area contributed by atoms with Crippen LogP contribution in [0.5, 0.6) is 0 Å². The number of aromatic carboxylic acids is 1. The van der Waals surface area contributed by atoms with Crippen LogP contribution in [-0.4, -0.2) is 34.7 Å². The summed E-state index contributed by atoms with van der Waals surface area (Å²) in [6, 6.07) is 3.43. The number of nitrogens with one attached hydrogen (secondary N) is 2. The highest BCUT2D eigenvalue weighted by molar-refractivity contribution is 7.89. The van der Waals surface area contributed by atoms with Gasteiger partial charge in [0.25, 0.3) is 0 Å². The highest BCUT2D eigenvalue weighted by atomic mass is 35.5. The third-order valence-corrected chi connectivity index (χ3v) is 4.10. The Hall–Kier alpha value is -1.97. The Labute approximate surface area is 118 Å². The van der Waals surface area contributed by atoms with Gasteiger partial charge in [0.2, 0.25) is 10.0 Å². The fourth-order valence-corrected chi connectivity index (χ4v) is 2.61. The van der Waals surface area contributed by atoms with Gasteiger partial charge in [0.15, 0.2) is 0 Å². The SMILES string of the molecule is O=C(O)c1cc(S(=O)(=O)NCc2ncn[nH]2)ccc1Cl. The number of nitrogens with zero attached hydrogens (tertiary/aromatic N) is 2. The second kappa shape index (κ2) is 5.57. The van der Waals surface area contributed by atoms with Gasteiger partial charge in [-0.15, -0.1) is 0 Å². The van der Waals surface area contributed by atoms with Gasteiger partial charge in [0.05, 0.1) is 22.0 Å². The van der Waals surface area contributed by atoms with Gasteiger partial charge >= 0.3 is 5.97 Å². The smallest absolute Gasteiger partial charge is 0.337 e. The van der Waals surface area contributed by atoms with Crippen molar-refractivity contribution in [2.24, 2.45) is 0 Å². The van der Waals surface area contributed by atoms with Crippen molar-refractivity contribution in [3.63, 3.8) is 0 Å². The Morgan fingerprint density at radius 2 is 2.20 bits per heavy atom. The highest BCUT2D eigenvalue weighted by Crippen LogP contribution is 2.20. The van der Waals surface area contributed by atoms with Gasteiger partial charge in [-0.3, -0.25) is 5.10 Å². The normalized spacial score (nSPS) is 11.4. The molecule has 2 aromatic rings. The molecule has 0 fully saturated rings. The quantitative estimate of drug-likeness (QED) is 0.743. The number of sulfonamides is 1. The molecule has 1 aromatic carbocycles. The molecular weight excluding hydrogens is 308 g/mol. The lowest BCUT2D eigenvalue weighted by atomic mass is 10.2. The zero-order valence-electron chi connectivity index (χ0n) is 9.87. The third-order valence-electron chi connectivity index (χ3n) is 2.37. The molecule has 0 radical (unpaired) electrons. The van der Waals surface area contributed by atoms with E-state index in [9.17, 15) is 13.2 Å². The average Bonchev–Trinajstić information content (AvgIpc) is 2.89. The number of hydrogen-bond acceptors (Lipinski definition) is 5. The minimum Gasteiger partial charge on any atom is -0.478 e. The lowest BCUT2D eigenvalue weighted by Gasteiger charge is -2.07. The van der Waals surface area contributed by atoms with Gasteiger partial charge in [-0.05, 0) is 18.2 Å². The van der Waals surface area contributed by atoms with Crippen LogP contribution in [0.4, 0.5) is 0 Å². The van der Waals surface area contributed by atoms with Gasteiger partial charge < -0.3 is 5.11 Å². The molecule has 20 heavy (non-hydrogen) atoms. The number of aromatic nitrogens is 3. The van der Waals surface area contributed by atoms with Crippen molar-refractivity contribution in [1.82, 2.24) is 19.9 Å². The van der Waals surface area contributed by atoms with Gasteiger partial charge in [0, 0.05) is 0 Å². The first kappa shape index (κ1) is 14.4. The molecule has 0 aliphatic carbocycles. The molecular formula is C10H9ClN4O4S. The summed E-state index contributed by atoms with van der Waals surface area (Å²) in [5.74, 6) is -0.969. The molecule has 10 heteroatoms. The first-order valence-corrected chi connectivity index (χ1v) is 7.13. The highest BCUT2D eigenvalue weighted by Gasteiger charge is 2.18. The van der Waals surface area contributed by atoms with Crippen molar-refractivity contribution in [2.75, 3.05) is 0 Å². The van der Waals surface area contributed by atoms with E-state index in [4.69, 9.17) is 16.7 Å². The number of carboxylic acids is 1. The van der Waals surface area contributed by atoms with Crippen LogP contribution in [0.2, 0.25) is 5.02 Å². The molecule has 2 rings (SSSR count). The topological polar surface area (TPSA) is 125 Å². The molecule has 3 N–H and O–H groups in total. The molecule has 0 atom stereocenters. The molecule has 1 heterocycles. The van der Waals surface area contributed by atoms with E-state index in [0.717, 1.165) is 6.07 Å². The molecule has 0 saturated heterocycles. The summed E-state index contributed by atoms with van der Waals surface area (Å²) < 4.78 is 26.3. The minimum atomic E-state index is -3.87. The maximum Gasteiger partial charge on any atom is 0.337 e. The largest absolute Gasteiger partial charge is 0.478 e. The fraction of sp³-hybridized carbons (Fsp3) is 0.100. The van der Waals surface area contributed by atoms with E-state index in [-0.39, 0.29) is 22.0 Å². The molecule has 0 bridgehead atoms. The molecule has 0 unspecified atom stereocenters. The molecule has 0 aliphatic rings. The predicted octanol–water partition coefficient (Wildman–Crippen LogP) is 0.635. The van der Waals surface area contributed by atoms with Crippen molar-refractivity contribution >= 4 is 27.6 Å². The number of carboxylic acid groups (broad SMARTS) is 1. The van der Waals surface area contributed by atoms with E-state index in [0.29, 0.717) is 5.82 Å². The second-order valence-electron chi connectivity index (χ2n) is 3.70. The van der Waals surface area contributed by atoms with Gasteiger partial charge in [-0.25, -0.2) is 22.9 Å². The summed E-state index contributed by atoms with van der Waals surface area (Å²) in [5, 5.41) is 15.0. The fourth-order valence-electron chi connectivity index (χ4n) is 1.40. The summed E-state index contributed by atoms with van der Waals surface area (Å²) in [5.41, 5.74) is -0.283. The number of benzene rings is 1. The molecule has 1 aromatic heterocycles. The standard InChI is InChI=1S/C10H9ClN4O4S/c11-8-2-1-6(3-7(8)10(16)17)20(18,19)14-4-9-12-5-13-15-9/h1-3,5,14H,4H2,(H,16,17)(H,12,13,15). The van der Waals surface area contributed by atoms with Crippen molar-refractivity contribution in [3.8, 4) is 0 Å². The van der Waals surface area contributed by atoms with Crippen LogP contribution in [0.25, 0.3) is 0 Å². The zero-order chi connectivity index (χ0) is 14.8. The summed E-state index contributed by atoms with van der Waals surface area (Å²) >= 11 is 5.68. The van der Waals surface area contributed by atoms with Crippen LogP contribution in [0, 0.1) is 0 Å². The van der Waals surface area contributed by atoms with Crippen LogP contribution < -0.4 is 4.72 Å². The summed E-state index contributed by atoms with van der Waals surface area (Å²) in [7, 11) is -3.87. The molecule has 0 spiro atoms. The Kier molecular flexibility index (Phi) is 4.02. The van der Waals surface area contributed by atoms with E-state index in [2.05, 4.69) is 19.9 Å². The van der Waals surface area contributed by atoms with Crippen LogP contribution >= 0.6 is 11.6 Å². The lowest BCUT2D eigenvalue weighted by molar-refractivity contribution is 0.0697. The first-order valence-electron chi connectivity index (χ1n) is 5.27. The number of H-pyrrole nitrogens is 1. The zero-order valence-corrected chi connectivity index (χ0v) is 11.4. The predicted molar refractivity (Wildman–Crippen MR) is 68.8 cm³/mol. The van der Waals surface area contributed by atoms with E-state index in [1.807, 2.05) is 0 Å². The lowest BCUT2D eigenvalue weighted by Crippen LogP contribution is -2.24. The maximum absolute atomic E-state index is 12.0. The Morgan fingerprint density at radius 1 is 1.45 bits per heavy atom. The maximum atomic E-state index is 12.0. The van der Waals surface area contributed by atoms with E-state index in [1.165, 1.54) is 18.5 Å². The summed E-state index contributed by atoms with van der Waals surface area (Å²) in [4.78, 5) is 14.5. The van der Waals surface area contributed by atoms with Gasteiger partial charge in [-0.1, -0.05) is 11.6 Å². The summed E-state index contributed by atoms with van der Waals surface area (Å²) in [6.45, 7) is -0.0899. The van der Waals surface area contributed by atoms with Crippen LogP contribution in [0.1, 0.15) is 16.2 Å². The number of rotatable bonds is 5. The number of hydrogen-bond donors (Lipinski definition) is 3. The number of carbonyl (C=O) groups is 1. The van der Waals surface area contributed by atoms with Gasteiger partial charge in [-0.2, -0.15) is 5.10 Å². The molecule has 106 valence electrons. The molecule has 0 amide bonds. The molecule has 0 saturated carbocycles. The Bertz CT molecular complexity index is 730. The molecule has 0 aliphatic heterocycles. The average molecular weight is 317 g/mol. The number of halogens is 1. The van der Waals surface area contributed by atoms with Crippen molar-refractivity contribution in [1.29, 1.82) is 0 Å². The van der Waals surface area contributed by atoms with E-state index < -0.39 is 16.0 Å². The minimum absolute atomic E-state index is 0.0355. The molecule has 8 nitrogen and oxygen atoms in total. The van der Waals surface area contributed by atoms with Crippen LogP contribution in [-0.2, 0) is 16.6 Å². The second-order valence-corrected chi connectivity index (χ2v) is 5.88. The monoisotopic (exact) mass is 316 g/mol. The number of aromatic amines is 1. The van der Waals surface area contributed by atoms with Crippen molar-refractivity contribution in [2.45, 2.75) is 11.4 Å².